The third-order valence-electron chi connectivity index (χ3n) is 6.45. The molecule has 0 bridgehead atoms. The molecule has 0 unspecified atom stereocenters. The minimum Gasteiger partial charge on any atom is -0.489 e. The van der Waals surface area contributed by atoms with Crippen LogP contribution in [0.2, 0.25) is 0 Å². The van der Waals surface area contributed by atoms with Gasteiger partial charge < -0.3 is 4.74 Å². The van der Waals surface area contributed by atoms with E-state index in [1.54, 1.807) is 18.2 Å². The van der Waals surface area contributed by atoms with Gasteiger partial charge in [-0.2, -0.15) is 0 Å². The molecule has 1 aliphatic rings. The lowest BCUT2D eigenvalue weighted by Gasteiger charge is -2.36. The number of rotatable bonds is 6. The largest absolute Gasteiger partial charge is 0.489 e. The first-order valence-electron chi connectivity index (χ1n) is 12.3. The molecule has 1 saturated heterocycles. The second-order valence-electron chi connectivity index (χ2n) is 9.07. The monoisotopic (exact) mass is 518 g/mol. The van der Waals surface area contributed by atoms with Gasteiger partial charge in [0.15, 0.2) is 5.11 Å². The van der Waals surface area contributed by atoms with Crippen molar-refractivity contribution in [3.05, 3.63) is 131 Å². The van der Waals surface area contributed by atoms with Crippen LogP contribution < -0.4 is 14.5 Å². The molecule has 188 valence electrons. The van der Waals surface area contributed by atoms with Gasteiger partial charge in [-0.05, 0) is 90.8 Å². The molecule has 0 spiro atoms. The lowest BCUT2D eigenvalue weighted by atomic mass is 10.0. The van der Waals surface area contributed by atoms with Crippen LogP contribution in [0, 0.1) is 13.8 Å². The third-order valence-corrected chi connectivity index (χ3v) is 6.82. The highest BCUT2D eigenvalue weighted by molar-refractivity contribution is 7.81. The second kappa shape index (κ2) is 10.8. The van der Waals surface area contributed by atoms with Crippen LogP contribution in [-0.4, -0.2) is 16.9 Å². The number of hydrogen-bond acceptors (Lipinski definition) is 4. The third kappa shape index (κ3) is 5.12. The summed E-state index contributed by atoms with van der Waals surface area (Å²) >= 11 is 5.71. The fourth-order valence-electron chi connectivity index (χ4n) is 4.19. The Kier molecular flexibility index (Phi) is 7.15. The Labute approximate surface area is 227 Å². The summed E-state index contributed by atoms with van der Waals surface area (Å²) < 4.78 is 5.88. The predicted octanol–water partition coefficient (Wildman–Crippen LogP) is 6.63. The number of aryl methyl sites for hydroxylation is 2. The van der Waals surface area contributed by atoms with E-state index in [1.165, 1.54) is 9.80 Å². The molecule has 2 amide bonds. The lowest BCUT2D eigenvalue weighted by Crippen LogP contribution is -2.57. The number of para-hydroxylation sites is 1. The van der Waals surface area contributed by atoms with Gasteiger partial charge in [-0.25, -0.2) is 0 Å². The van der Waals surface area contributed by atoms with Crippen molar-refractivity contribution in [2.24, 2.45) is 0 Å². The fraction of sp³-hybridized carbons (Fsp3) is 0.0938. The predicted molar refractivity (Wildman–Crippen MR) is 155 cm³/mol. The van der Waals surface area contributed by atoms with Crippen LogP contribution in [0.3, 0.4) is 0 Å². The Morgan fingerprint density at radius 3 is 1.95 bits per heavy atom. The van der Waals surface area contributed by atoms with Gasteiger partial charge in [0.1, 0.15) is 17.9 Å². The molecular formula is C32H26N2O3S. The molecule has 1 heterocycles. The van der Waals surface area contributed by atoms with E-state index >= 15 is 0 Å². The Bertz CT molecular complexity index is 1530. The summed E-state index contributed by atoms with van der Waals surface area (Å²) in [6.07, 6.45) is 1.61. The van der Waals surface area contributed by atoms with E-state index in [2.05, 4.69) is 0 Å². The summed E-state index contributed by atoms with van der Waals surface area (Å²) in [5.74, 6) is -0.225. The van der Waals surface area contributed by atoms with Crippen LogP contribution in [0.15, 0.2) is 109 Å². The van der Waals surface area contributed by atoms with Crippen molar-refractivity contribution < 1.29 is 14.3 Å². The topological polar surface area (TPSA) is 49.9 Å². The maximum absolute atomic E-state index is 13.7. The first-order chi connectivity index (χ1) is 18.4. The normalized spacial score (nSPS) is 14.8. The van der Waals surface area contributed by atoms with E-state index < -0.39 is 11.8 Å². The molecule has 4 aromatic rings. The molecule has 38 heavy (non-hydrogen) atoms. The van der Waals surface area contributed by atoms with Gasteiger partial charge in [-0.3, -0.25) is 19.4 Å². The van der Waals surface area contributed by atoms with E-state index in [1.807, 2.05) is 105 Å². The van der Waals surface area contributed by atoms with Gasteiger partial charge in [0.05, 0.1) is 11.4 Å². The zero-order valence-corrected chi connectivity index (χ0v) is 21.9. The van der Waals surface area contributed by atoms with Crippen LogP contribution in [0.4, 0.5) is 11.4 Å². The minimum absolute atomic E-state index is 0.0265. The van der Waals surface area contributed by atoms with E-state index in [0.29, 0.717) is 29.3 Å². The molecule has 5 rings (SSSR count). The van der Waals surface area contributed by atoms with Crippen molar-refractivity contribution in [3.8, 4) is 5.75 Å². The number of anilines is 2. The van der Waals surface area contributed by atoms with Crippen molar-refractivity contribution in [2.45, 2.75) is 20.5 Å². The highest BCUT2D eigenvalue weighted by Gasteiger charge is 2.41. The smallest absolute Gasteiger partial charge is 0.270 e. The van der Waals surface area contributed by atoms with Gasteiger partial charge in [0.2, 0.25) is 0 Å². The average molecular weight is 519 g/mol. The van der Waals surface area contributed by atoms with Crippen molar-refractivity contribution in [1.82, 2.24) is 0 Å². The zero-order valence-electron chi connectivity index (χ0n) is 21.1. The Morgan fingerprint density at radius 1 is 0.711 bits per heavy atom. The molecule has 1 fully saturated rings. The number of benzene rings is 4. The lowest BCUT2D eigenvalue weighted by molar-refractivity contribution is -0.120. The first kappa shape index (κ1) is 25.1. The average Bonchev–Trinajstić information content (AvgIpc) is 2.94. The van der Waals surface area contributed by atoms with Crippen LogP contribution in [0.25, 0.3) is 6.08 Å². The summed E-state index contributed by atoms with van der Waals surface area (Å²) in [5, 5.41) is 0.122. The molecule has 6 heteroatoms. The van der Waals surface area contributed by atoms with Gasteiger partial charge in [-0.1, -0.05) is 66.7 Å². The maximum Gasteiger partial charge on any atom is 0.270 e. The van der Waals surface area contributed by atoms with Crippen LogP contribution in [0.1, 0.15) is 22.3 Å². The molecule has 5 nitrogen and oxygen atoms in total. The summed E-state index contributed by atoms with van der Waals surface area (Å²) in [7, 11) is 0. The van der Waals surface area contributed by atoms with Crippen molar-refractivity contribution in [1.29, 1.82) is 0 Å². The van der Waals surface area contributed by atoms with Gasteiger partial charge in [0, 0.05) is 0 Å². The van der Waals surface area contributed by atoms with Crippen LogP contribution >= 0.6 is 12.2 Å². The SMILES string of the molecule is Cc1ccc(N2C(=O)C(=Cc3ccc(OCc4ccccc4)cc3)C(=O)N(c3ccccc3)C2=S)cc1C. The zero-order chi connectivity index (χ0) is 26.6. The fourth-order valence-corrected chi connectivity index (χ4v) is 4.57. The van der Waals surface area contributed by atoms with E-state index in [9.17, 15) is 9.59 Å². The highest BCUT2D eigenvalue weighted by Crippen LogP contribution is 2.31. The van der Waals surface area contributed by atoms with E-state index in [-0.39, 0.29) is 10.7 Å². The highest BCUT2D eigenvalue weighted by atomic mass is 32.1. The molecule has 4 aromatic carbocycles. The summed E-state index contributed by atoms with van der Waals surface area (Å²) in [6.45, 7) is 4.44. The Hall–Kier alpha value is -4.55. The molecule has 0 atom stereocenters. The maximum atomic E-state index is 13.7. The molecule has 0 aliphatic carbocycles. The Morgan fingerprint density at radius 2 is 1.32 bits per heavy atom. The summed E-state index contributed by atoms with van der Waals surface area (Å²) in [6, 6.07) is 32.1. The van der Waals surface area contributed by atoms with Crippen LogP contribution in [0.5, 0.6) is 5.75 Å². The number of thiocarbonyl (C=S) groups is 1. The number of ether oxygens (including phenoxy) is 1. The molecule has 0 aromatic heterocycles. The summed E-state index contributed by atoms with van der Waals surface area (Å²) in [5.41, 5.74) is 5.14. The summed E-state index contributed by atoms with van der Waals surface area (Å²) in [4.78, 5) is 30.3. The number of carbonyl (C=O) groups excluding carboxylic acids is 2. The second-order valence-corrected chi connectivity index (χ2v) is 9.43. The first-order valence-corrected chi connectivity index (χ1v) is 12.7. The van der Waals surface area contributed by atoms with Crippen molar-refractivity contribution in [3.63, 3.8) is 0 Å². The number of nitrogens with zero attached hydrogens (tertiary/aromatic N) is 2. The van der Waals surface area contributed by atoms with E-state index in [0.717, 1.165) is 16.7 Å². The molecule has 0 radical (unpaired) electrons. The van der Waals surface area contributed by atoms with Gasteiger partial charge in [0.25, 0.3) is 11.8 Å². The molecular weight excluding hydrogens is 492 g/mol. The molecule has 0 N–H and O–H groups in total. The Balaban J connectivity index is 1.48. The standard InChI is InChI=1S/C32H26N2O3S/c1-22-13-16-27(19-23(22)2)34-31(36)29(30(35)33(32(34)38)26-11-7-4-8-12-26)20-24-14-17-28(18-15-24)37-21-25-9-5-3-6-10-25/h3-20H,21H2,1-2H3. The number of hydrogen-bond donors (Lipinski definition) is 0. The van der Waals surface area contributed by atoms with Crippen molar-refractivity contribution in [2.75, 3.05) is 9.80 Å². The quantitative estimate of drug-likeness (QED) is 0.163. The number of carbonyl (C=O) groups is 2. The van der Waals surface area contributed by atoms with E-state index in [4.69, 9.17) is 17.0 Å². The van der Waals surface area contributed by atoms with Crippen molar-refractivity contribution >= 4 is 46.6 Å². The van der Waals surface area contributed by atoms with Gasteiger partial charge >= 0.3 is 0 Å². The minimum atomic E-state index is -0.462. The molecule has 1 aliphatic heterocycles. The molecule has 0 saturated carbocycles. The van der Waals surface area contributed by atoms with Crippen LogP contribution in [-0.2, 0) is 16.2 Å². The van der Waals surface area contributed by atoms with Gasteiger partial charge in [-0.15, -0.1) is 0 Å². The number of amides is 2.